The van der Waals surface area contributed by atoms with Crippen LogP contribution in [-0.2, 0) is 5.41 Å². The Kier molecular flexibility index (Phi) is 3.39. The highest BCUT2D eigenvalue weighted by atomic mass is 79.9. The Hall–Kier alpha value is -0.340. The van der Waals surface area contributed by atoms with E-state index in [0.717, 1.165) is 16.9 Å². The lowest BCUT2D eigenvalue weighted by Gasteiger charge is -2.53. The lowest BCUT2D eigenvalue weighted by molar-refractivity contribution is 0.0503. The average Bonchev–Trinajstić information content (AvgIpc) is 2.15. The first-order valence-corrected chi connectivity index (χ1v) is 7.13. The van der Waals surface area contributed by atoms with Crippen LogP contribution in [0.3, 0.4) is 0 Å². The molecule has 0 aliphatic heterocycles. The van der Waals surface area contributed by atoms with Gasteiger partial charge in [0, 0.05) is 16.4 Å². The Balaban J connectivity index is 2.20. The van der Waals surface area contributed by atoms with Gasteiger partial charge in [-0.2, -0.15) is 0 Å². The summed E-state index contributed by atoms with van der Waals surface area (Å²) in [6, 6.07) is 8.64. The Morgan fingerprint density at radius 2 is 2.00 bits per heavy atom. The molecule has 0 unspecified atom stereocenters. The van der Waals surface area contributed by atoms with Crippen molar-refractivity contribution >= 4 is 15.9 Å². The van der Waals surface area contributed by atoms with Crippen LogP contribution in [0.4, 0.5) is 0 Å². The third kappa shape index (κ3) is 2.43. The molecule has 1 aromatic carbocycles. The molecule has 0 bridgehead atoms. The fourth-order valence-corrected chi connectivity index (χ4v) is 3.23. The van der Waals surface area contributed by atoms with Crippen molar-refractivity contribution in [3.8, 4) is 0 Å². The van der Waals surface area contributed by atoms with Gasteiger partial charge < -0.3 is 5.73 Å². The molecule has 1 saturated carbocycles. The van der Waals surface area contributed by atoms with Gasteiger partial charge in [-0.1, -0.05) is 48.8 Å². The summed E-state index contributed by atoms with van der Waals surface area (Å²) in [4.78, 5) is 0. The molecule has 0 heterocycles. The lowest BCUT2D eigenvalue weighted by Crippen LogP contribution is -2.50. The zero-order valence-corrected chi connectivity index (χ0v) is 12.5. The lowest BCUT2D eigenvalue weighted by atomic mass is 9.52. The summed E-state index contributed by atoms with van der Waals surface area (Å²) in [5, 5.41) is 0. The molecule has 0 radical (unpaired) electrons. The minimum atomic E-state index is 0.224. The summed E-state index contributed by atoms with van der Waals surface area (Å²) < 4.78 is 1.15. The van der Waals surface area contributed by atoms with Crippen molar-refractivity contribution in [3.05, 3.63) is 34.3 Å². The van der Waals surface area contributed by atoms with Gasteiger partial charge in [0.15, 0.2) is 0 Å². The van der Waals surface area contributed by atoms with Gasteiger partial charge in [0.2, 0.25) is 0 Å². The summed E-state index contributed by atoms with van der Waals surface area (Å²) in [6.07, 6.45) is 2.45. The quantitative estimate of drug-likeness (QED) is 0.873. The van der Waals surface area contributed by atoms with Crippen LogP contribution < -0.4 is 5.73 Å². The smallest absolute Gasteiger partial charge is 0.0178 e. The maximum Gasteiger partial charge on any atom is 0.0178 e. The molecule has 0 atom stereocenters. The highest BCUT2D eigenvalue weighted by Gasteiger charge is 2.48. The van der Waals surface area contributed by atoms with Gasteiger partial charge in [-0.3, -0.25) is 0 Å². The first-order valence-electron chi connectivity index (χ1n) is 6.33. The molecule has 2 heteroatoms. The number of hydrogen-bond acceptors (Lipinski definition) is 1. The second-order valence-electron chi connectivity index (χ2n) is 6.47. The summed E-state index contributed by atoms with van der Waals surface area (Å²) >= 11 is 3.55. The highest BCUT2D eigenvalue weighted by Crippen LogP contribution is 2.53. The number of rotatable bonds is 2. The van der Waals surface area contributed by atoms with Crippen molar-refractivity contribution in [1.82, 2.24) is 0 Å². The van der Waals surface area contributed by atoms with Gasteiger partial charge >= 0.3 is 0 Å². The minimum absolute atomic E-state index is 0.224. The topological polar surface area (TPSA) is 26.0 Å². The summed E-state index contributed by atoms with van der Waals surface area (Å²) in [7, 11) is 0. The van der Waals surface area contributed by atoms with E-state index in [4.69, 9.17) is 5.73 Å². The van der Waals surface area contributed by atoms with E-state index in [1.807, 2.05) is 0 Å². The second kappa shape index (κ2) is 4.40. The Morgan fingerprint density at radius 1 is 1.35 bits per heavy atom. The maximum absolute atomic E-state index is 6.04. The van der Waals surface area contributed by atoms with Crippen LogP contribution in [0.5, 0.6) is 0 Å². The van der Waals surface area contributed by atoms with Gasteiger partial charge in [0.1, 0.15) is 0 Å². The van der Waals surface area contributed by atoms with E-state index in [9.17, 15) is 0 Å². The summed E-state index contributed by atoms with van der Waals surface area (Å²) in [5.74, 6) is 0.796. The summed E-state index contributed by atoms with van der Waals surface area (Å²) in [6.45, 7) is 7.76. The molecule has 1 aliphatic carbocycles. The molecule has 0 spiro atoms. The van der Waals surface area contributed by atoms with Crippen molar-refractivity contribution < 1.29 is 0 Å². The highest BCUT2D eigenvalue weighted by molar-refractivity contribution is 9.10. The van der Waals surface area contributed by atoms with Crippen LogP contribution in [0.1, 0.15) is 39.2 Å². The standard InChI is InChI=1S/C15H22BrN/c1-14(2,3)12-8-15(9-12,10-17)11-5-4-6-13(16)7-11/h4-7,12H,8-10,17H2,1-3H3. The predicted molar refractivity (Wildman–Crippen MR) is 77.1 cm³/mol. The molecule has 1 fully saturated rings. The number of hydrogen-bond donors (Lipinski definition) is 1. The van der Waals surface area contributed by atoms with E-state index in [-0.39, 0.29) is 5.41 Å². The fourth-order valence-electron chi connectivity index (χ4n) is 2.83. The molecule has 1 aromatic rings. The van der Waals surface area contributed by atoms with E-state index in [1.54, 1.807) is 0 Å². The Labute approximate surface area is 113 Å². The van der Waals surface area contributed by atoms with Gasteiger partial charge in [-0.25, -0.2) is 0 Å². The second-order valence-corrected chi connectivity index (χ2v) is 7.38. The maximum atomic E-state index is 6.04. The molecule has 1 aliphatic rings. The molecule has 0 aromatic heterocycles. The monoisotopic (exact) mass is 295 g/mol. The zero-order chi connectivity index (χ0) is 12.7. The average molecular weight is 296 g/mol. The molecular weight excluding hydrogens is 274 g/mol. The van der Waals surface area contributed by atoms with Crippen molar-refractivity contribution in [1.29, 1.82) is 0 Å². The van der Waals surface area contributed by atoms with E-state index in [2.05, 4.69) is 61.0 Å². The molecule has 17 heavy (non-hydrogen) atoms. The van der Waals surface area contributed by atoms with Crippen molar-refractivity contribution in [2.24, 2.45) is 17.1 Å². The molecule has 1 nitrogen and oxygen atoms in total. The van der Waals surface area contributed by atoms with Gasteiger partial charge in [0.05, 0.1) is 0 Å². The molecular formula is C15H22BrN. The minimum Gasteiger partial charge on any atom is -0.330 e. The van der Waals surface area contributed by atoms with Crippen LogP contribution in [0.2, 0.25) is 0 Å². The molecule has 2 N–H and O–H groups in total. The van der Waals surface area contributed by atoms with E-state index >= 15 is 0 Å². The van der Waals surface area contributed by atoms with E-state index < -0.39 is 0 Å². The zero-order valence-electron chi connectivity index (χ0n) is 11.0. The van der Waals surface area contributed by atoms with Crippen molar-refractivity contribution in [3.63, 3.8) is 0 Å². The van der Waals surface area contributed by atoms with E-state index in [1.165, 1.54) is 18.4 Å². The van der Waals surface area contributed by atoms with Gasteiger partial charge in [-0.15, -0.1) is 0 Å². The van der Waals surface area contributed by atoms with Crippen LogP contribution in [-0.4, -0.2) is 6.54 Å². The third-order valence-electron chi connectivity index (χ3n) is 4.33. The van der Waals surface area contributed by atoms with Crippen molar-refractivity contribution in [2.75, 3.05) is 6.54 Å². The predicted octanol–water partition coefficient (Wildman–Crippen LogP) is 4.10. The fraction of sp³-hybridized carbons (Fsp3) is 0.600. The first kappa shape index (κ1) is 13.1. The first-order chi connectivity index (χ1) is 7.87. The number of benzene rings is 1. The van der Waals surface area contributed by atoms with Gasteiger partial charge in [0.25, 0.3) is 0 Å². The Morgan fingerprint density at radius 3 is 2.47 bits per heavy atom. The van der Waals surface area contributed by atoms with Gasteiger partial charge in [-0.05, 0) is 41.9 Å². The Bertz CT molecular complexity index is 400. The summed E-state index contributed by atoms with van der Waals surface area (Å²) in [5.41, 5.74) is 8.07. The molecule has 0 amide bonds. The van der Waals surface area contributed by atoms with Crippen LogP contribution in [0, 0.1) is 11.3 Å². The van der Waals surface area contributed by atoms with Crippen LogP contribution >= 0.6 is 15.9 Å². The molecule has 0 saturated heterocycles. The number of nitrogens with two attached hydrogens (primary N) is 1. The van der Waals surface area contributed by atoms with Crippen LogP contribution in [0.25, 0.3) is 0 Å². The van der Waals surface area contributed by atoms with Crippen molar-refractivity contribution in [2.45, 2.75) is 39.0 Å². The normalized spacial score (nSPS) is 28.9. The van der Waals surface area contributed by atoms with E-state index in [0.29, 0.717) is 5.41 Å². The largest absolute Gasteiger partial charge is 0.330 e. The van der Waals surface area contributed by atoms with Crippen LogP contribution in [0.15, 0.2) is 28.7 Å². The number of halogens is 1. The molecule has 2 rings (SSSR count). The SMILES string of the molecule is CC(C)(C)C1CC(CN)(c2cccc(Br)c2)C1. The molecule has 94 valence electrons. The third-order valence-corrected chi connectivity index (χ3v) is 4.82.